The average molecular weight is 437 g/mol. The van der Waals surface area contributed by atoms with Gasteiger partial charge in [0, 0.05) is 12.5 Å². The lowest BCUT2D eigenvalue weighted by atomic mass is 9.98. The molecular weight excluding hydrogens is 408 g/mol. The summed E-state index contributed by atoms with van der Waals surface area (Å²) in [5.41, 5.74) is 4.52. The normalized spacial score (nSPS) is 18.0. The maximum absolute atomic E-state index is 13.0. The van der Waals surface area contributed by atoms with Gasteiger partial charge in [0.05, 0.1) is 0 Å². The van der Waals surface area contributed by atoms with Crippen LogP contribution in [0.1, 0.15) is 49.7 Å². The summed E-state index contributed by atoms with van der Waals surface area (Å²) in [6.45, 7) is 2.47. The number of likely N-dealkylation sites (tertiary alicyclic amines) is 1. The van der Waals surface area contributed by atoms with Gasteiger partial charge >= 0.3 is 12.1 Å². The van der Waals surface area contributed by atoms with E-state index in [1.165, 1.54) is 4.90 Å². The summed E-state index contributed by atoms with van der Waals surface area (Å²) >= 11 is 0. The number of hydrogen-bond acceptors (Lipinski definition) is 4. The summed E-state index contributed by atoms with van der Waals surface area (Å²) in [5, 5.41) is 12.1. The molecule has 2 amide bonds. The Labute approximate surface area is 187 Å². The standard InChI is InChI=1S/C25H28N2O5/c1-2-8-21(23(28)27-14-7-13-22(27)24(29)30)26-25(31)32-15-20-18-11-5-3-9-16(18)17-10-4-6-12-19(17)20/h3-6,9-12,20-22H,2,7-8,13-15H2,1H3,(H,26,31)(H,29,30)/t21-,22+/m1/s1. The molecule has 1 heterocycles. The third-order valence-corrected chi connectivity index (χ3v) is 6.33. The first-order valence-corrected chi connectivity index (χ1v) is 11.2. The molecule has 2 aromatic rings. The number of nitrogens with one attached hydrogen (secondary N) is 1. The number of rotatable bonds is 7. The third-order valence-electron chi connectivity index (χ3n) is 6.33. The van der Waals surface area contributed by atoms with Crippen LogP contribution in [0.25, 0.3) is 11.1 Å². The number of carbonyl (C=O) groups is 3. The molecule has 4 rings (SSSR count). The summed E-state index contributed by atoms with van der Waals surface area (Å²) in [6, 6.07) is 14.5. The first kappa shape index (κ1) is 21.9. The van der Waals surface area contributed by atoms with Gasteiger partial charge in [-0.25, -0.2) is 9.59 Å². The molecule has 7 nitrogen and oxygen atoms in total. The minimum absolute atomic E-state index is 0.0663. The summed E-state index contributed by atoms with van der Waals surface area (Å²) in [5.74, 6) is -1.43. The molecule has 0 saturated carbocycles. The zero-order valence-electron chi connectivity index (χ0n) is 18.1. The van der Waals surface area contributed by atoms with Crippen molar-refractivity contribution in [2.75, 3.05) is 13.2 Å². The zero-order chi connectivity index (χ0) is 22.7. The molecule has 0 spiro atoms. The molecule has 7 heteroatoms. The highest BCUT2D eigenvalue weighted by molar-refractivity contribution is 5.89. The smallest absolute Gasteiger partial charge is 0.407 e. The molecule has 168 valence electrons. The Morgan fingerprint density at radius 3 is 2.31 bits per heavy atom. The number of benzene rings is 2. The van der Waals surface area contributed by atoms with E-state index in [1.54, 1.807) is 0 Å². The van der Waals surface area contributed by atoms with Crippen LogP contribution >= 0.6 is 0 Å². The first-order valence-electron chi connectivity index (χ1n) is 11.2. The van der Waals surface area contributed by atoms with Gasteiger partial charge in [0.15, 0.2) is 0 Å². The highest BCUT2D eigenvalue weighted by Crippen LogP contribution is 2.44. The molecule has 1 fully saturated rings. The fourth-order valence-electron chi connectivity index (χ4n) is 4.82. The van der Waals surface area contributed by atoms with Gasteiger partial charge in [-0.05, 0) is 41.5 Å². The van der Waals surface area contributed by atoms with Crippen LogP contribution in [0.5, 0.6) is 0 Å². The fourth-order valence-corrected chi connectivity index (χ4v) is 4.82. The van der Waals surface area contributed by atoms with Crippen LogP contribution in [0.15, 0.2) is 48.5 Å². The summed E-state index contributed by atoms with van der Waals surface area (Å²) in [6.07, 6.45) is 1.51. The predicted molar refractivity (Wildman–Crippen MR) is 119 cm³/mol. The lowest BCUT2D eigenvalue weighted by Gasteiger charge is -2.27. The van der Waals surface area contributed by atoms with Gasteiger partial charge in [-0.3, -0.25) is 4.79 Å². The van der Waals surface area contributed by atoms with Crippen molar-refractivity contribution in [2.24, 2.45) is 0 Å². The molecular formula is C25H28N2O5. The zero-order valence-corrected chi connectivity index (χ0v) is 18.1. The fraction of sp³-hybridized carbons (Fsp3) is 0.400. The topological polar surface area (TPSA) is 95.9 Å². The maximum Gasteiger partial charge on any atom is 0.407 e. The SMILES string of the molecule is CCC[C@@H](NC(=O)OCC1c2ccccc2-c2ccccc21)C(=O)N1CCC[C@H]1C(=O)O. The Morgan fingerprint density at radius 2 is 1.72 bits per heavy atom. The number of ether oxygens (including phenoxy) is 1. The van der Waals surface area contributed by atoms with Crippen molar-refractivity contribution < 1.29 is 24.2 Å². The molecule has 0 aromatic heterocycles. The Bertz CT molecular complexity index is 975. The van der Waals surface area contributed by atoms with Crippen molar-refractivity contribution in [3.8, 4) is 11.1 Å². The molecule has 0 unspecified atom stereocenters. The molecule has 1 aliphatic heterocycles. The van der Waals surface area contributed by atoms with E-state index >= 15 is 0 Å². The van der Waals surface area contributed by atoms with Crippen LogP contribution < -0.4 is 5.32 Å². The lowest BCUT2D eigenvalue weighted by Crippen LogP contribution is -2.51. The minimum atomic E-state index is -1.01. The second-order valence-electron chi connectivity index (χ2n) is 8.34. The second-order valence-corrected chi connectivity index (χ2v) is 8.34. The van der Waals surface area contributed by atoms with E-state index in [4.69, 9.17) is 4.74 Å². The van der Waals surface area contributed by atoms with Crippen LogP contribution in [0.2, 0.25) is 0 Å². The van der Waals surface area contributed by atoms with E-state index in [2.05, 4.69) is 17.4 Å². The number of nitrogens with zero attached hydrogens (tertiary/aromatic N) is 1. The molecule has 32 heavy (non-hydrogen) atoms. The Morgan fingerprint density at radius 1 is 1.09 bits per heavy atom. The van der Waals surface area contributed by atoms with Crippen LogP contribution in [0.3, 0.4) is 0 Å². The van der Waals surface area contributed by atoms with Crippen LogP contribution in [-0.4, -0.2) is 53.2 Å². The van der Waals surface area contributed by atoms with Gasteiger partial charge in [-0.15, -0.1) is 0 Å². The number of fused-ring (bicyclic) bond motifs is 3. The van der Waals surface area contributed by atoms with Crippen molar-refractivity contribution in [1.29, 1.82) is 0 Å². The van der Waals surface area contributed by atoms with Gasteiger partial charge in [-0.1, -0.05) is 61.9 Å². The van der Waals surface area contributed by atoms with Crippen LogP contribution in [0.4, 0.5) is 4.79 Å². The summed E-state index contributed by atoms with van der Waals surface area (Å²) in [7, 11) is 0. The number of aliphatic carboxylic acids is 1. The van der Waals surface area contributed by atoms with Gasteiger partial charge in [0.1, 0.15) is 18.7 Å². The van der Waals surface area contributed by atoms with Crippen molar-refractivity contribution in [1.82, 2.24) is 10.2 Å². The van der Waals surface area contributed by atoms with Crippen molar-refractivity contribution in [2.45, 2.75) is 50.6 Å². The Hall–Kier alpha value is -3.35. The Kier molecular flexibility index (Phi) is 6.44. The van der Waals surface area contributed by atoms with Crippen LogP contribution in [-0.2, 0) is 14.3 Å². The Balaban J connectivity index is 1.42. The first-order chi connectivity index (χ1) is 15.5. The van der Waals surface area contributed by atoms with E-state index in [9.17, 15) is 19.5 Å². The highest BCUT2D eigenvalue weighted by atomic mass is 16.5. The highest BCUT2D eigenvalue weighted by Gasteiger charge is 2.37. The van der Waals surface area contributed by atoms with Crippen molar-refractivity contribution >= 4 is 18.0 Å². The number of hydrogen-bond donors (Lipinski definition) is 2. The molecule has 1 saturated heterocycles. The average Bonchev–Trinajstić information content (AvgIpc) is 3.40. The van der Waals surface area contributed by atoms with Gasteiger partial charge in [0.25, 0.3) is 0 Å². The summed E-state index contributed by atoms with van der Waals surface area (Å²) < 4.78 is 5.57. The molecule has 2 aliphatic rings. The lowest BCUT2D eigenvalue weighted by molar-refractivity contribution is -0.149. The van der Waals surface area contributed by atoms with E-state index in [1.807, 2.05) is 43.3 Å². The quantitative estimate of drug-likeness (QED) is 0.689. The van der Waals surface area contributed by atoms with Crippen molar-refractivity contribution in [3.63, 3.8) is 0 Å². The molecule has 2 aromatic carbocycles. The predicted octanol–water partition coefficient (Wildman–Crippen LogP) is 3.77. The number of carbonyl (C=O) groups excluding carboxylic acids is 2. The minimum Gasteiger partial charge on any atom is -0.480 e. The summed E-state index contributed by atoms with van der Waals surface area (Å²) in [4.78, 5) is 38.4. The van der Waals surface area contributed by atoms with Gasteiger partial charge in [-0.2, -0.15) is 0 Å². The maximum atomic E-state index is 13.0. The number of alkyl carbamates (subject to hydrolysis) is 1. The molecule has 1 aliphatic carbocycles. The van der Waals surface area contributed by atoms with Crippen LogP contribution in [0, 0.1) is 0 Å². The van der Waals surface area contributed by atoms with E-state index in [-0.39, 0.29) is 18.4 Å². The van der Waals surface area contributed by atoms with Gasteiger partial charge < -0.3 is 20.1 Å². The molecule has 2 N–H and O–H groups in total. The third kappa shape index (κ3) is 4.20. The van der Waals surface area contributed by atoms with Gasteiger partial charge in [0.2, 0.25) is 5.91 Å². The second kappa shape index (κ2) is 9.42. The van der Waals surface area contributed by atoms with E-state index in [0.717, 1.165) is 22.3 Å². The number of carboxylic acid groups (broad SMARTS) is 1. The number of amides is 2. The molecule has 2 atom stereocenters. The molecule has 0 bridgehead atoms. The van der Waals surface area contributed by atoms with E-state index < -0.39 is 24.1 Å². The van der Waals surface area contributed by atoms with E-state index in [0.29, 0.717) is 32.2 Å². The molecule has 0 radical (unpaired) electrons. The largest absolute Gasteiger partial charge is 0.480 e. The van der Waals surface area contributed by atoms with Crippen molar-refractivity contribution in [3.05, 3.63) is 59.7 Å². The number of carboxylic acids is 1. The monoisotopic (exact) mass is 436 g/mol.